The Morgan fingerprint density at radius 3 is 2.14 bits per heavy atom. The summed E-state index contributed by atoms with van der Waals surface area (Å²) in [6, 6.07) is 0. The Bertz CT molecular complexity index is 192. The largest absolute Gasteiger partial charge is 0.389 e. The molecule has 3 heteroatoms. The van der Waals surface area contributed by atoms with Crippen LogP contribution in [0.3, 0.4) is 0 Å². The molecule has 14 heavy (non-hydrogen) atoms. The summed E-state index contributed by atoms with van der Waals surface area (Å²) in [7, 11) is 0. The summed E-state index contributed by atoms with van der Waals surface area (Å²) in [6.45, 7) is 9.58. The first kappa shape index (κ1) is 13.4. The Balaban J connectivity index is 4.08. The van der Waals surface area contributed by atoms with Gasteiger partial charge >= 0.3 is 0 Å². The van der Waals surface area contributed by atoms with Crippen molar-refractivity contribution in [2.75, 3.05) is 6.54 Å². The van der Waals surface area contributed by atoms with Gasteiger partial charge in [-0.3, -0.25) is 4.79 Å². The quantitative estimate of drug-likeness (QED) is 0.711. The topological polar surface area (TPSA) is 49.3 Å². The molecule has 0 aromatic rings. The van der Waals surface area contributed by atoms with Crippen molar-refractivity contribution in [2.24, 2.45) is 5.41 Å². The number of rotatable bonds is 5. The fraction of sp³-hybridized carbons (Fsp3) is 0.909. The van der Waals surface area contributed by atoms with Gasteiger partial charge in [-0.25, -0.2) is 0 Å². The Kier molecular flexibility index (Phi) is 4.59. The van der Waals surface area contributed by atoms with Gasteiger partial charge in [-0.15, -0.1) is 0 Å². The number of amides is 1. The molecule has 0 radical (unpaired) electrons. The minimum atomic E-state index is -0.835. The van der Waals surface area contributed by atoms with Gasteiger partial charge in [0.15, 0.2) is 0 Å². The van der Waals surface area contributed by atoms with E-state index in [2.05, 4.69) is 12.2 Å². The molecule has 0 aliphatic rings. The van der Waals surface area contributed by atoms with Crippen LogP contribution in [-0.2, 0) is 4.79 Å². The van der Waals surface area contributed by atoms with E-state index in [9.17, 15) is 9.90 Å². The van der Waals surface area contributed by atoms with Gasteiger partial charge < -0.3 is 10.4 Å². The predicted molar refractivity (Wildman–Crippen MR) is 58.0 cm³/mol. The van der Waals surface area contributed by atoms with Crippen molar-refractivity contribution in [3.05, 3.63) is 0 Å². The van der Waals surface area contributed by atoms with Crippen LogP contribution >= 0.6 is 0 Å². The van der Waals surface area contributed by atoms with Crippen molar-refractivity contribution >= 4 is 5.91 Å². The highest BCUT2D eigenvalue weighted by molar-refractivity contribution is 5.81. The maximum absolute atomic E-state index is 11.7. The van der Waals surface area contributed by atoms with Crippen LogP contribution in [0.5, 0.6) is 0 Å². The number of hydrogen-bond donors (Lipinski definition) is 2. The summed E-state index contributed by atoms with van der Waals surface area (Å²) in [4.78, 5) is 11.7. The van der Waals surface area contributed by atoms with Crippen LogP contribution in [0.1, 0.15) is 47.5 Å². The second kappa shape index (κ2) is 4.78. The summed E-state index contributed by atoms with van der Waals surface area (Å²) < 4.78 is 0. The number of carbonyl (C=O) groups excluding carboxylic acids is 1. The third-order valence-electron chi connectivity index (χ3n) is 2.17. The minimum Gasteiger partial charge on any atom is -0.389 e. The average molecular weight is 201 g/mol. The molecule has 0 fully saturated rings. The Morgan fingerprint density at radius 1 is 1.29 bits per heavy atom. The number of carbonyl (C=O) groups is 1. The Labute approximate surface area is 86.9 Å². The summed E-state index contributed by atoms with van der Waals surface area (Å²) in [5.74, 6) is 0.0153. The van der Waals surface area contributed by atoms with Crippen molar-refractivity contribution in [1.29, 1.82) is 0 Å². The van der Waals surface area contributed by atoms with Crippen LogP contribution in [0.4, 0.5) is 0 Å². The fourth-order valence-electron chi connectivity index (χ4n) is 1.27. The molecule has 0 aromatic carbocycles. The molecule has 0 bridgehead atoms. The molecule has 0 unspecified atom stereocenters. The lowest BCUT2D eigenvalue weighted by molar-refractivity contribution is -0.130. The second-order valence-electron chi connectivity index (χ2n) is 5.13. The molecule has 0 spiro atoms. The van der Waals surface area contributed by atoms with E-state index in [1.165, 1.54) is 0 Å². The zero-order chi connectivity index (χ0) is 11.4. The lowest BCUT2D eigenvalue weighted by atomic mass is 9.87. The third kappa shape index (κ3) is 5.22. The van der Waals surface area contributed by atoms with Gasteiger partial charge in [0.25, 0.3) is 0 Å². The van der Waals surface area contributed by atoms with E-state index in [0.717, 1.165) is 12.8 Å². The molecule has 3 nitrogen and oxygen atoms in total. The first-order valence-corrected chi connectivity index (χ1v) is 5.20. The first-order chi connectivity index (χ1) is 6.19. The van der Waals surface area contributed by atoms with Gasteiger partial charge in [0.2, 0.25) is 5.91 Å². The summed E-state index contributed by atoms with van der Waals surface area (Å²) >= 11 is 0. The number of hydrogen-bond acceptors (Lipinski definition) is 2. The molecule has 0 saturated carbocycles. The lowest BCUT2D eigenvalue weighted by Crippen LogP contribution is -2.44. The van der Waals surface area contributed by atoms with Gasteiger partial charge in [-0.1, -0.05) is 27.2 Å². The van der Waals surface area contributed by atoms with Gasteiger partial charge in [-0.2, -0.15) is 0 Å². The van der Waals surface area contributed by atoms with Gasteiger partial charge in [0.05, 0.1) is 5.60 Å². The van der Waals surface area contributed by atoms with E-state index in [1.807, 2.05) is 13.8 Å². The molecule has 0 aliphatic heterocycles. The van der Waals surface area contributed by atoms with Crippen LogP contribution in [0.15, 0.2) is 0 Å². The normalized spacial score (nSPS) is 12.7. The van der Waals surface area contributed by atoms with Gasteiger partial charge in [0, 0.05) is 12.0 Å². The van der Waals surface area contributed by atoms with Crippen LogP contribution in [0, 0.1) is 5.41 Å². The molecular formula is C11H23NO2. The van der Waals surface area contributed by atoms with E-state index < -0.39 is 5.60 Å². The van der Waals surface area contributed by atoms with Crippen LogP contribution < -0.4 is 5.32 Å². The Morgan fingerprint density at radius 2 is 1.79 bits per heavy atom. The van der Waals surface area contributed by atoms with Crippen molar-refractivity contribution in [3.8, 4) is 0 Å². The smallest absolute Gasteiger partial charge is 0.225 e. The SMILES string of the molecule is CCCC(C)(C)C(=O)NCC(C)(C)O. The summed E-state index contributed by atoms with van der Waals surface area (Å²) in [6.07, 6.45) is 1.85. The number of aliphatic hydroxyl groups is 1. The molecule has 0 rings (SSSR count). The van der Waals surface area contributed by atoms with E-state index in [4.69, 9.17) is 0 Å². The number of nitrogens with one attached hydrogen (secondary N) is 1. The van der Waals surface area contributed by atoms with Crippen molar-refractivity contribution < 1.29 is 9.90 Å². The van der Waals surface area contributed by atoms with Crippen LogP contribution in [-0.4, -0.2) is 23.2 Å². The summed E-state index contributed by atoms with van der Waals surface area (Å²) in [5, 5.41) is 12.2. The molecule has 0 saturated heterocycles. The highest BCUT2D eigenvalue weighted by Crippen LogP contribution is 2.22. The van der Waals surface area contributed by atoms with E-state index in [-0.39, 0.29) is 11.3 Å². The molecule has 84 valence electrons. The molecule has 0 aromatic heterocycles. The fourth-order valence-corrected chi connectivity index (χ4v) is 1.27. The molecule has 2 N–H and O–H groups in total. The van der Waals surface area contributed by atoms with Crippen LogP contribution in [0.25, 0.3) is 0 Å². The predicted octanol–water partition coefficient (Wildman–Crippen LogP) is 1.70. The molecule has 0 aliphatic carbocycles. The zero-order valence-electron chi connectivity index (χ0n) is 9.98. The zero-order valence-corrected chi connectivity index (χ0v) is 9.98. The van der Waals surface area contributed by atoms with Gasteiger partial charge in [0.1, 0.15) is 0 Å². The molecule has 1 amide bonds. The highest BCUT2D eigenvalue weighted by atomic mass is 16.3. The standard InChI is InChI=1S/C11H23NO2/c1-6-7-10(2,3)9(13)12-8-11(4,5)14/h14H,6-8H2,1-5H3,(H,12,13). The van der Waals surface area contributed by atoms with Crippen molar-refractivity contribution in [2.45, 2.75) is 53.1 Å². The summed E-state index contributed by atoms with van der Waals surface area (Å²) in [5.41, 5.74) is -1.17. The minimum absolute atomic E-state index is 0.0153. The highest BCUT2D eigenvalue weighted by Gasteiger charge is 2.27. The Hall–Kier alpha value is -0.570. The molecule has 0 heterocycles. The van der Waals surface area contributed by atoms with Crippen molar-refractivity contribution in [1.82, 2.24) is 5.32 Å². The van der Waals surface area contributed by atoms with Gasteiger partial charge in [-0.05, 0) is 20.3 Å². The average Bonchev–Trinajstić information content (AvgIpc) is 1.98. The maximum atomic E-state index is 11.7. The van der Waals surface area contributed by atoms with Crippen LogP contribution in [0.2, 0.25) is 0 Å². The monoisotopic (exact) mass is 201 g/mol. The molecule has 0 atom stereocenters. The van der Waals surface area contributed by atoms with Crippen molar-refractivity contribution in [3.63, 3.8) is 0 Å². The molecular weight excluding hydrogens is 178 g/mol. The van der Waals surface area contributed by atoms with E-state index in [0.29, 0.717) is 6.54 Å². The van der Waals surface area contributed by atoms with E-state index >= 15 is 0 Å². The third-order valence-corrected chi connectivity index (χ3v) is 2.17. The lowest BCUT2D eigenvalue weighted by Gasteiger charge is -2.25. The maximum Gasteiger partial charge on any atom is 0.225 e. The first-order valence-electron chi connectivity index (χ1n) is 5.20. The second-order valence-corrected chi connectivity index (χ2v) is 5.13. The van der Waals surface area contributed by atoms with E-state index in [1.54, 1.807) is 13.8 Å².